The molecule has 2 aromatic rings. The molecule has 0 radical (unpaired) electrons. The van der Waals surface area contributed by atoms with Crippen molar-refractivity contribution < 1.29 is 14.0 Å². The third-order valence-corrected chi connectivity index (χ3v) is 4.11. The van der Waals surface area contributed by atoms with Gasteiger partial charge in [0.15, 0.2) is 4.67 Å². The molecule has 1 aromatic heterocycles. The first kappa shape index (κ1) is 18.6. The molecule has 0 spiro atoms. The van der Waals surface area contributed by atoms with E-state index < -0.39 is 0 Å². The highest BCUT2D eigenvalue weighted by molar-refractivity contribution is 9.10. The van der Waals surface area contributed by atoms with Crippen LogP contribution in [0.2, 0.25) is 10.0 Å². The van der Waals surface area contributed by atoms with Crippen LogP contribution in [0.4, 0.5) is 5.69 Å². The normalized spacial score (nSPS) is 10.8. The molecule has 0 aliphatic carbocycles. The summed E-state index contributed by atoms with van der Waals surface area (Å²) in [6.07, 6.45) is 2.86. The van der Waals surface area contributed by atoms with Crippen LogP contribution >= 0.6 is 39.1 Å². The van der Waals surface area contributed by atoms with E-state index in [1.807, 2.05) is 0 Å². The Balaban J connectivity index is 1.89. The Morgan fingerprint density at radius 1 is 1.25 bits per heavy atom. The second kappa shape index (κ2) is 8.37. The Morgan fingerprint density at radius 3 is 2.62 bits per heavy atom. The minimum absolute atomic E-state index is 0.106. The van der Waals surface area contributed by atoms with E-state index in [0.717, 1.165) is 0 Å². The lowest BCUT2D eigenvalue weighted by Gasteiger charge is -2.15. The Kier molecular flexibility index (Phi) is 6.48. The van der Waals surface area contributed by atoms with Crippen molar-refractivity contribution in [3.05, 3.63) is 56.9 Å². The van der Waals surface area contributed by atoms with E-state index >= 15 is 0 Å². The van der Waals surface area contributed by atoms with Gasteiger partial charge in [-0.3, -0.25) is 9.59 Å². The van der Waals surface area contributed by atoms with Gasteiger partial charge < -0.3 is 14.6 Å². The number of furan rings is 1. The van der Waals surface area contributed by atoms with Crippen LogP contribution in [0.25, 0.3) is 6.08 Å². The lowest BCUT2D eigenvalue weighted by molar-refractivity contribution is -0.129. The van der Waals surface area contributed by atoms with Gasteiger partial charge in [0.1, 0.15) is 5.76 Å². The van der Waals surface area contributed by atoms with Gasteiger partial charge in [0.25, 0.3) is 0 Å². The predicted molar refractivity (Wildman–Crippen MR) is 98.2 cm³/mol. The first-order chi connectivity index (χ1) is 11.3. The molecule has 2 amide bonds. The third kappa shape index (κ3) is 5.40. The van der Waals surface area contributed by atoms with Crippen LogP contribution in [0.1, 0.15) is 5.76 Å². The van der Waals surface area contributed by atoms with E-state index in [1.165, 1.54) is 30.2 Å². The van der Waals surface area contributed by atoms with Crippen LogP contribution in [0.15, 0.2) is 45.5 Å². The summed E-state index contributed by atoms with van der Waals surface area (Å²) in [6, 6.07) is 8.18. The van der Waals surface area contributed by atoms with Crippen molar-refractivity contribution in [3.8, 4) is 0 Å². The molecule has 1 heterocycles. The molecule has 2 rings (SSSR count). The fourth-order valence-electron chi connectivity index (χ4n) is 1.77. The summed E-state index contributed by atoms with van der Waals surface area (Å²) in [5, 5.41) is 3.39. The second-order valence-electron chi connectivity index (χ2n) is 4.85. The van der Waals surface area contributed by atoms with Gasteiger partial charge in [0.05, 0.1) is 16.6 Å². The number of carbonyl (C=O) groups is 2. The van der Waals surface area contributed by atoms with Crippen LogP contribution in [0.3, 0.4) is 0 Å². The molecule has 126 valence electrons. The van der Waals surface area contributed by atoms with Crippen LogP contribution in [-0.4, -0.2) is 30.3 Å². The van der Waals surface area contributed by atoms with Crippen molar-refractivity contribution in [1.29, 1.82) is 0 Å². The first-order valence-corrected chi connectivity index (χ1v) is 8.33. The van der Waals surface area contributed by atoms with Crippen LogP contribution in [0.5, 0.6) is 0 Å². The Labute approximate surface area is 157 Å². The molecule has 5 nitrogen and oxygen atoms in total. The quantitative estimate of drug-likeness (QED) is 0.711. The number of benzene rings is 1. The third-order valence-electron chi connectivity index (χ3n) is 2.94. The van der Waals surface area contributed by atoms with E-state index in [2.05, 4.69) is 21.2 Å². The summed E-state index contributed by atoms with van der Waals surface area (Å²) in [4.78, 5) is 25.2. The average Bonchev–Trinajstić information content (AvgIpc) is 2.94. The maximum absolute atomic E-state index is 12.0. The smallest absolute Gasteiger partial charge is 0.246 e. The zero-order valence-corrected chi connectivity index (χ0v) is 15.7. The highest BCUT2D eigenvalue weighted by atomic mass is 79.9. The molecule has 0 bridgehead atoms. The summed E-state index contributed by atoms with van der Waals surface area (Å²) < 4.78 is 5.82. The van der Waals surface area contributed by atoms with Gasteiger partial charge >= 0.3 is 0 Å². The van der Waals surface area contributed by atoms with Gasteiger partial charge in [-0.25, -0.2) is 0 Å². The number of hydrogen-bond donors (Lipinski definition) is 1. The van der Waals surface area contributed by atoms with E-state index in [9.17, 15) is 9.59 Å². The summed E-state index contributed by atoms with van der Waals surface area (Å²) in [5.41, 5.74) is 0.506. The number of nitrogens with zero attached hydrogens (tertiary/aromatic N) is 1. The molecule has 8 heteroatoms. The van der Waals surface area contributed by atoms with Crippen LogP contribution < -0.4 is 5.32 Å². The topological polar surface area (TPSA) is 62.6 Å². The van der Waals surface area contributed by atoms with Gasteiger partial charge in [0, 0.05) is 18.8 Å². The average molecular weight is 432 g/mol. The Bertz CT molecular complexity index is 789. The Hall–Kier alpha value is -1.76. The van der Waals surface area contributed by atoms with Crippen molar-refractivity contribution >= 4 is 62.7 Å². The maximum atomic E-state index is 12.0. The summed E-state index contributed by atoms with van der Waals surface area (Å²) >= 11 is 14.9. The number of likely N-dealkylation sites (N-methyl/N-ethyl adjacent to an activating group) is 1. The minimum Gasteiger partial charge on any atom is -0.450 e. The van der Waals surface area contributed by atoms with Gasteiger partial charge in [-0.1, -0.05) is 23.2 Å². The first-order valence-electron chi connectivity index (χ1n) is 6.78. The van der Waals surface area contributed by atoms with Gasteiger partial charge in [0.2, 0.25) is 11.8 Å². The highest BCUT2D eigenvalue weighted by Crippen LogP contribution is 2.24. The molecule has 0 saturated carbocycles. The van der Waals surface area contributed by atoms with Gasteiger partial charge in [-0.05, 0) is 52.3 Å². The number of carbonyl (C=O) groups excluding carboxylic acids is 2. The molecular weight excluding hydrogens is 419 g/mol. The monoisotopic (exact) mass is 430 g/mol. The SMILES string of the molecule is CN(CC(=O)Nc1ccc(Cl)c(Cl)c1)C(=O)/C=C/c1ccc(Br)o1. The molecule has 0 aliphatic heterocycles. The van der Waals surface area contributed by atoms with Crippen molar-refractivity contribution in [1.82, 2.24) is 4.90 Å². The Morgan fingerprint density at radius 2 is 2.00 bits per heavy atom. The number of halogens is 3. The van der Waals surface area contributed by atoms with Crippen molar-refractivity contribution in [2.45, 2.75) is 0 Å². The van der Waals surface area contributed by atoms with Crippen LogP contribution in [0, 0.1) is 0 Å². The molecular formula is C16H13BrCl2N2O3. The van der Waals surface area contributed by atoms with Crippen molar-refractivity contribution in [2.24, 2.45) is 0 Å². The molecule has 0 fully saturated rings. The molecule has 0 aliphatic rings. The summed E-state index contributed by atoms with van der Waals surface area (Å²) in [7, 11) is 1.53. The minimum atomic E-state index is -0.349. The zero-order valence-electron chi connectivity index (χ0n) is 12.6. The largest absolute Gasteiger partial charge is 0.450 e. The lowest BCUT2D eigenvalue weighted by Crippen LogP contribution is -2.33. The highest BCUT2D eigenvalue weighted by Gasteiger charge is 2.11. The number of anilines is 1. The summed E-state index contributed by atoms with van der Waals surface area (Å²) in [5.74, 6) is -0.144. The molecule has 0 saturated heterocycles. The fourth-order valence-corrected chi connectivity index (χ4v) is 2.38. The maximum Gasteiger partial charge on any atom is 0.246 e. The lowest BCUT2D eigenvalue weighted by atomic mass is 10.3. The van der Waals surface area contributed by atoms with Crippen LogP contribution in [-0.2, 0) is 9.59 Å². The number of nitrogens with one attached hydrogen (secondary N) is 1. The molecule has 0 unspecified atom stereocenters. The van der Waals surface area contributed by atoms with Crippen molar-refractivity contribution in [2.75, 3.05) is 18.9 Å². The zero-order chi connectivity index (χ0) is 17.7. The fraction of sp³-hybridized carbons (Fsp3) is 0.125. The van der Waals surface area contributed by atoms with E-state index in [4.69, 9.17) is 27.6 Å². The van der Waals surface area contributed by atoms with Gasteiger partial charge in [-0.15, -0.1) is 0 Å². The summed E-state index contributed by atoms with van der Waals surface area (Å²) in [6.45, 7) is -0.106. The molecule has 24 heavy (non-hydrogen) atoms. The van der Waals surface area contributed by atoms with E-state index in [0.29, 0.717) is 26.2 Å². The van der Waals surface area contributed by atoms with E-state index in [1.54, 1.807) is 24.3 Å². The van der Waals surface area contributed by atoms with Gasteiger partial charge in [-0.2, -0.15) is 0 Å². The second-order valence-corrected chi connectivity index (χ2v) is 6.44. The predicted octanol–water partition coefficient (Wildman–Crippen LogP) is 4.46. The number of amides is 2. The molecule has 1 N–H and O–H groups in total. The van der Waals surface area contributed by atoms with E-state index in [-0.39, 0.29) is 18.4 Å². The van der Waals surface area contributed by atoms with Crippen molar-refractivity contribution in [3.63, 3.8) is 0 Å². The molecule has 1 aromatic carbocycles. The number of hydrogen-bond acceptors (Lipinski definition) is 3. The number of rotatable bonds is 5. The standard InChI is InChI=1S/C16H13BrCl2N2O3/c1-21(16(23)7-4-11-3-6-14(17)24-11)9-15(22)20-10-2-5-12(18)13(19)8-10/h2-8H,9H2,1H3,(H,20,22)/b7-4+. The molecule has 0 atom stereocenters.